The predicted octanol–water partition coefficient (Wildman–Crippen LogP) is 16.2. The third-order valence-electron chi connectivity index (χ3n) is 11.9. The molecular weight excluding hydrogens is 663 g/mol. The van der Waals surface area contributed by atoms with Gasteiger partial charge in [-0.3, -0.25) is 9.59 Å². The number of hydrogen-bond acceptors (Lipinski definition) is 3. The Morgan fingerprint density at radius 2 is 0.593 bits per heavy atom. The van der Waals surface area contributed by atoms with E-state index in [9.17, 15) is 14.7 Å². The molecule has 0 spiro atoms. The normalized spacial score (nSPS) is 12.1. The molecule has 4 heteroatoms. The van der Waals surface area contributed by atoms with Crippen LogP contribution < -0.4 is 5.32 Å². The molecule has 54 heavy (non-hydrogen) atoms. The second-order valence-corrected chi connectivity index (χ2v) is 17.5. The van der Waals surface area contributed by atoms with Gasteiger partial charge in [-0.1, -0.05) is 251 Å². The third-order valence-corrected chi connectivity index (χ3v) is 11.9. The average Bonchev–Trinajstić information content (AvgIpc) is 3.17. The van der Waals surface area contributed by atoms with E-state index >= 15 is 0 Å². The van der Waals surface area contributed by atoms with Gasteiger partial charge in [-0.2, -0.15) is 0 Å². The second kappa shape index (κ2) is 46.5. The second-order valence-electron chi connectivity index (χ2n) is 17.5. The molecule has 0 saturated carbocycles. The van der Waals surface area contributed by atoms with Crippen molar-refractivity contribution >= 4 is 11.7 Å². The van der Waals surface area contributed by atoms with Crippen LogP contribution in [-0.2, 0) is 9.59 Å². The van der Waals surface area contributed by atoms with E-state index < -0.39 is 0 Å². The molecule has 0 aromatic rings. The van der Waals surface area contributed by atoms with Crippen LogP contribution in [0.2, 0.25) is 0 Å². The van der Waals surface area contributed by atoms with Crippen molar-refractivity contribution in [1.82, 2.24) is 5.32 Å². The quantitative estimate of drug-likeness (QED) is 0.0607. The zero-order valence-electron chi connectivity index (χ0n) is 37.2. The lowest BCUT2D eigenvalue weighted by atomic mass is 10.0. The summed E-state index contributed by atoms with van der Waals surface area (Å²) in [7, 11) is 0. The van der Waals surface area contributed by atoms with Crippen LogP contribution in [0.4, 0.5) is 0 Å². The number of Topliss-reactive ketones (excluding diaryl/α,β-unsaturated/α-hetero) is 1. The molecule has 0 heterocycles. The first kappa shape index (κ1) is 53.1. The average molecular weight is 762 g/mol. The van der Waals surface area contributed by atoms with Crippen LogP contribution in [0, 0.1) is 0 Å². The van der Waals surface area contributed by atoms with Crippen LogP contribution in [0.25, 0.3) is 0 Å². The fourth-order valence-corrected chi connectivity index (χ4v) is 8.11. The number of hydrogen-bond donors (Lipinski definition) is 2. The van der Waals surface area contributed by atoms with Gasteiger partial charge in [0.15, 0.2) is 0 Å². The Kier molecular flexibility index (Phi) is 45.7. The Labute approximate surface area is 339 Å². The Morgan fingerprint density at radius 3 is 0.870 bits per heavy atom. The van der Waals surface area contributed by atoms with E-state index in [2.05, 4.69) is 19.2 Å². The zero-order valence-corrected chi connectivity index (χ0v) is 37.2. The largest absolute Gasteiger partial charge is 0.394 e. The molecule has 0 aliphatic carbocycles. The summed E-state index contributed by atoms with van der Waals surface area (Å²) in [6.07, 6.45) is 56.0. The predicted molar refractivity (Wildman–Crippen MR) is 239 cm³/mol. The first-order valence-electron chi connectivity index (χ1n) is 25.1. The van der Waals surface area contributed by atoms with Crippen LogP contribution in [0.5, 0.6) is 0 Å². The summed E-state index contributed by atoms with van der Waals surface area (Å²) in [5.74, 6) is 0.623. The minimum atomic E-state index is -0.0670. The fourth-order valence-electron chi connectivity index (χ4n) is 8.11. The van der Waals surface area contributed by atoms with Crippen LogP contribution in [0.15, 0.2) is 0 Å². The molecule has 0 radical (unpaired) electrons. The molecule has 322 valence electrons. The summed E-state index contributed by atoms with van der Waals surface area (Å²) >= 11 is 0. The minimum absolute atomic E-state index is 0.0603. The lowest BCUT2D eigenvalue weighted by Crippen LogP contribution is -2.37. The maximum atomic E-state index is 12.4. The van der Waals surface area contributed by atoms with Crippen LogP contribution in [-0.4, -0.2) is 29.4 Å². The number of amides is 1. The van der Waals surface area contributed by atoms with Crippen molar-refractivity contribution in [3.05, 3.63) is 0 Å². The maximum Gasteiger partial charge on any atom is 0.220 e. The highest BCUT2D eigenvalue weighted by atomic mass is 16.3. The molecule has 0 bridgehead atoms. The topological polar surface area (TPSA) is 66.4 Å². The lowest BCUT2D eigenvalue weighted by molar-refractivity contribution is -0.122. The number of nitrogens with one attached hydrogen (secondary N) is 1. The molecule has 1 amide bonds. The summed E-state index contributed by atoms with van der Waals surface area (Å²) in [6, 6.07) is -0.0670. The molecule has 1 unspecified atom stereocenters. The molecule has 0 aliphatic rings. The zero-order chi connectivity index (χ0) is 39.3. The van der Waals surface area contributed by atoms with Gasteiger partial charge in [0.1, 0.15) is 5.78 Å². The smallest absolute Gasteiger partial charge is 0.220 e. The number of unbranched alkanes of at least 4 members (excludes halogenated alkanes) is 37. The van der Waals surface area contributed by atoms with Gasteiger partial charge in [-0.15, -0.1) is 0 Å². The minimum Gasteiger partial charge on any atom is -0.394 e. The summed E-state index contributed by atoms with van der Waals surface area (Å²) in [5, 5.41) is 12.8. The standard InChI is InChI=1S/C50H99NO3/c1-3-5-7-9-11-13-15-17-20-23-27-31-35-39-43-48(47-52)51-50(54)46-42-38-34-30-26-22-18-21-25-29-33-37-41-45-49(53)44-40-36-32-28-24-19-16-14-12-10-8-6-4-2/h48,52H,3-47H2,1-2H3,(H,51,54). The summed E-state index contributed by atoms with van der Waals surface area (Å²) in [5.41, 5.74) is 0. The first-order chi connectivity index (χ1) is 26.6. The highest BCUT2D eigenvalue weighted by Gasteiger charge is 2.11. The van der Waals surface area contributed by atoms with E-state index in [1.807, 2.05) is 0 Å². The van der Waals surface area contributed by atoms with Gasteiger partial charge < -0.3 is 10.4 Å². The number of aliphatic hydroxyl groups excluding tert-OH is 1. The number of carbonyl (C=O) groups is 2. The van der Waals surface area contributed by atoms with E-state index in [0.717, 1.165) is 51.4 Å². The van der Waals surface area contributed by atoms with Crippen molar-refractivity contribution in [3.8, 4) is 0 Å². The summed E-state index contributed by atoms with van der Waals surface area (Å²) in [4.78, 5) is 24.6. The van der Waals surface area contributed by atoms with Gasteiger partial charge >= 0.3 is 0 Å². The van der Waals surface area contributed by atoms with Crippen LogP contribution in [0.1, 0.15) is 296 Å². The first-order valence-corrected chi connectivity index (χ1v) is 25.1. The van der Waals surface area contributed by atoms with E-state index in [0.29, 0.717) is 12.2 Å². The van der Waals surface area contributed by atoms with Crippen molar-refractivity contribution in [2.45, 2.75) is 302 Å². The summed E-state index contributed by atoms with van der Waals surface area (Å²) in [6.45, 7) is 4.63. The molecule has 0 saturated heterocycles. The van der Waals surface area contributed by atoms with E-state index in [4.69, 9.17) is 0 Å². The molecule has 0 fully saturated rings. The highest BCUT2D eigenvalue weighted by molar-refractivity contribution is 5.78. The van der Waals surface area contributed by atoms with Crippen molar-refractivity contribution in [2.75, 3.05) is 6.61 Å². The highest BCUT2D eigenvalue weighted by Crippen LogP contribution is 2.17. The van der Waals surface area contributed by atoms with Crippen LogP contribution in [0.3, 0.4) is 0 Å². The van der Waals surface area contributed by atoms with Gasteiger partial charge in [0.2, 0.25) is 5.91 Å². The van der Waals surface area contributed by atoms with Gasteiger partial charge in [0.05, 0.1) is 12.6 Å². The van der Waals surface area contributed by atoms with Gasteiger partial charge in [0, 0.05) is 19.3 Å². The van der Waals surface area contributed by atoms with Gasteiger partial charge in [0.25, 0.3) is 0 Å². The van der Waals surface area contributed by atoms with Crippen LogP contribution >= 0.6 is 0 Å². The van der Waals surface area contributed by atoms with E-state index in [-0.39, 0.29) is 18.6 Å². The number of rotatable bonds is 47. The molecule has 0 aromatic carbocycles. The monoisotopic (exact) mass is 762 g/mol. The molecule has 1 atom stereocenters. The maximum absolute atomic E-state index is 12.4. The third kappa shape index (κ3) is 43.8. The molecule has 0 aliphatic heterocycles. The molecular formula is C50H99NO3. The van der Waals surface area contributed by atoms with Gasteiger partial charge in [-0.25, -0.2) is 0 Å². The SMILES string of the molecule is CCCCCCCCCCCCCCCCC(CO)NC(=O)CCCCCCCCCCCCCCCC(=O)CCCCCCCCCCCCCCC. The molecule has 0 rings (SSSR count). The Hall–Kier alpha value is -0.900. The van der Waals surface area contributed by atoms with Crippen molar-refractivity contribution < 1.29 is 14.7 Å². The van der Waals surface area contributed by atoms with E-state index in [1.54, 1.807) is 0 Å². The van der Waals surface area contributed by atoms with Crippen molar-refractivity contribution in [1.29, 1.82) is 0 Å². The lowest BCUT2D eigenvalue weighted by Gasteiger charge is -2.16. The van der Waals surface area contributed by atoms with Crippen molar-refractivity contribution in [3.63, 3.8) is 0 Å². The molecule has 0 aromatic heterocycles. The number of ketones is 1. The fraction of sp³-hybridized carbons (Fsp3) is 0.960. The summed E-state index contributed by atoms with van der Waals surface area (Å²) < 4.78 is 0. The van der Waals surface area contributed by atoms with Crippen molar-refractivity contribution in [2.24, 2.45) is 0 Å². The number of carbonyl (C=O) groups excluding carboxylic acids is 2. The number of aliphatic hydroxyl groups is 1. The molecule has 4 nitrogen and oxygen atoms in total. The Morgan fingerprint density at radius 1 is 0.352 bits per heavy atom. The Bertz CT molecular complexity index is 739. The molecule has 2 N–H and O–H groups in total. The van der Waals surface area contributed by atoms with Gasteiger partial charge in [-0.05, 0) is 25.7 Å². The Balaban J connectivity index is 3.36. The van der Waals surface area contributed by atoms with E-state index in [1.165, 1.54) is 225 Å².